The first kappa shape index (κ1) is 87.4. The van der Waals surface area contributed by atoms with Gasteiger partial charge in [-0.15, -0.1) is 23.1 Å². The number of nitrogens with one attached hydrogen (secondary N) is 4. The average molecular weight is 1710 g/mol. The summed E-state index contributed by atoms with van der Waals surface area (Å²) >= 11 is 9.45. The Morgan fingerprint density at radius 1 is 0.786 bits per heavy atom. The first-order chi connectivity index (χ1) is 55.7. The van der Waals surface area contributed by atoms with Crippen molar-refractivity contribution >= 4 is 101 Å². The molecular formula is C87H111ClF3N11O11S4. The molecule has 1 aliphatic carbocycles. The second-order valence-electron chi connectivity index (χ2n) is 34.4. The number of thiazole rings is 1. The van der Waals surface area contributed by atoms with Gasteiger partial charge in [-0.05, 0) is 209 Å². The summed E-state index contributed by atoms with van der Waals surface area (Å²) in [6.45, 7) is 21.9. The molecule has 5 aromatic carbocycles. The van der Waals surface area contributed by atoms with Gasteiger partial charge in [0.25, 0.3) is 25.8 Å². The topological polar surface area (TPSA) is 264 Å². The van der Waals surface area contributed by atoms with Crippen LogP contribution in [0.3, 0.4) is 0 Å². The largest absolute Gasteiger partial charge is 0.501 e. The Hall–Kier alpha value is -7.45. The van der Waals surface area contributed by atoms with Crippen molar-refractivity contribution in [1.29, 1.82) is 0 Å². The van der Waals surface area contributed by atoms with Gasteiger partial charge in [0.15, 0.2) is 0 Å². The number of unbranched alkanes of at least 4 members (excludes halogenated alkanes) is 1. The van der Waals surface area contributed by atoms with E-state index in [0.717, 1.165) is 155 Å². The molecule has 6 saturated heterocycles. The number of allylic oxidation sites excluding steroid dienone is 1. The molecule has 1 unspecified atom stereocenters. The number of hydrogen-bond donors (Lipinski definition) is 5. The van der Waals surface area contributed by atoms with E-state index in [1.807, 2.05) is 116 Å². The molecule has 632 valence electrons. The number of aliphatic hydroxyl groups excluding tert-OH is 1. The van der Waals surface area contributed by atoms with Gasteiger partial charge < -0.3 is 45.4 Å². The number of nitrogens with zero attached hydrogens (tertiary/aromatic N) is 7. The fourth-order valence-corrected chi connectivity index (χ4v) is 22.1. The van der Waals surface area contributed by atoms with Crippen molar-refractivity contribution in [2.75, 3.05) is 108 Å². The Morgan fingerprint density at radius 2 is 1.46 bits per heavy atom. The number of thioether (sulfide) groups is 1. The summed E-state index contributed by atoms with van der Waals surface area (Å²) in [6, 6.07) is 31.8. The number of hydrogen-bond acceptors (Lipinski definition) is 19. The van der Waals surface area contributed by atoms with Crippen LogP contribution in [0, 0.1) is 29.6 Å². The van der Waals surface area contributed by atoms with Gasteiger partial charge in [-0.25, -0.2) is 26.5 Å². The van der Waals surface area contributed by atoms with Gasteiger partial charge in [0.1, 0.15) is 17.0 Å². The minimum Gasteiger partial charge on any atom is -0.391 e. The lowest BCUT2D eigenvalue weighted by molar-refractivity contribution is -0.144. The number of aryl methyl sites for hydroxylation is 1. The zero-order valence-electron chi connectivity index (χ0n) is 67.6. The van der Waals surface area contributed by atoms with E-state index in [-0.39, 0.29) is 66.3 Å². The van der Waals surface area contributed by atoms with E-state index in [1.165, 1.54) is 45.5 Å². The zero-order valence-corrected chi connectivity index (χ0v) is 71.7. The van der Waals surface area contributed by atoms with E-state index in [4.69, 9.17) is 16.3 Å². The van der Waals surface area contributed by atoms with Crippen LogP contribution in [0.1, 0.15) is 158 Å². The summed E-state index contributed by atoms with van der Waals surface area (Å²) in [4.78, 5) is 86.4. The molecule has 7 heterocycles. The lowest BCUT2D eigenvalue weighted by Crippen LogP contribution is -2.57. The maximum Gasteiger partial charge on any atom is 0.501 e. The van der Waals surface area contributed by atoms with Crippen LogP contribution in [-0.4, -0.2) is 220 Å². The number of carbonyl (C=O) groups excluding carboxylic acids is 5. The number of amides is 5. The van der Waals surface area contributed by atoms with Crippen molar-refractivity contribution in [2.24, 2.45) is 22.7 Å². The molecular weight excluding hydrogens is 1600 g/mol. The number of β-amino-alcohol motifs (C(OH)–C–C–N with tert-alkyl or cyclic N) is 1. The molecule has 0 spiro atoms. The predicted molar refractivity (Wildman–Crippen MR) is 452 cm³/mol. The molecule has 8 atom stereocenters. The van der Waals surface area contributed by atoms with Gasteiger partial charge >= 0.3 is 5.51 Å². The highest BCUT2D eigenvalue weighted by Crippen LogP contribution is 2.46. The van der Waals surface area contributed by atoms with Gasteiger partial charge in [0, 0.05) is 130 Å². The summed E-state index contributed by atoms with van der Waals surface area (Å²) < 4.78 is 106. The number of ether oxygens (including phenoxy) is 1. The number of sulfone groups is 1. The van der Waals surface area contributed by atoms with Crippen molar-refractivity contribution < 1.29 is 63.8 Å². The number of aromatic nitrogens is 1. The van der Waals surface area contributed by atoms with Crippen LogP contribution in [0.15, 0.2) is 147 Å². The molecule has 0 saturated carbocycles. The zero-order chi connectivity index (χ0) is 83.1. The van der Waals surface area contributed by atoms with E-state index in [9.17, 15) is 59.1 Å². The van der Waals surface area contributed by atoms with Gasteiger partial charge in [0.2, 0.25) is 23.6 Å². The lowest BCUT2D eigenvalue weighted by Gasteiger charge is -2.45. The van der Waals surface area contributed by atoms with E-state index < -0.39 is 82.3 Å². The van der Waals surface area contributed by atoms with E-state index in [1.54, 1.807) is 23.5 Å². The highest BCUT2D eigenvalue weighted by Gasteiger charge is 2.50. The molecule has 6 aliphatic heterocycles. The number of fused-ring (bicyclic) bond motifs is 2. The van der Waals surface area contributed by atoms with Crippen LogP contribution in [0.25, 0.3) is 16.0 Å². The molecule has 13 rings (SSSR count). The van der Waals surface area contributed by atoms with Crippen LogP contribution in [0.2, 0.25) is 5.02 Å². The summed E-state index contributed by atoms with van der Waals surface area (Å²) in [6.07, 6.45) is 9.25. The number of aliphatic hydroxyl groups is 1. The standard InChI is InChI=1S/C87H111ClF3N11O11S4/c1-57(59-16-18-63(19-17-59)80-58(2)92-56-115-80)93-83(107)76-47-70(103)51-102(76)84(108)81(85(3,4)5)95-78(104)14-10-11-15-79(105)100-39-33-61(34-40-100)60-31-37-98(38-32-60)55-86(6)36-30-74(62-20-24-66(88)25-21-62)65(49-86)50-97-42-44-99(45-43-97)68-26-22-64(23-27-68)82(106)96-117(111,112)73-28-29-75(77(48-73)116(109,110)87(89,90)91)94-67(54-114-72-12-8-7-9-13-72)35-41-101-52-71-46-69(101)53-113-71/h7-9,12-13,16-29,48,56-57,60-61,67,69-71,76,81,94,103H,10-11,14-15,30-47,49-55H2,1-6H3,(H,93,107)(H,95,104)(H,96,106)/t57-,67+,69+,70+,71+,76-,81+,86?/m0/s1. The van der Waals surface area contributed by atoms with E-state index in [2.05, 4.69) is 59.6 Å². The summed E-state index contributed by atoms with van der Waals surface area (Å²) in [7, 11) is -11.0. The Bertz CT molecular complexity index is 4750. The fraction of sp³-hybridized carbons (Fsp3) is 0.540. The van der Waals surface area contributed by atoms with Crippen molar-refractivity contribution in [3.63, 3.8) is 0 Å². The second kappa shape index (κ2) is 37.7. The molecule has 1 aromatic heterocycles. The third-order valence-electron chi connectivity index (χ3n) is 24.8. The third-order valence-corrected chi connectivity index (χ3v) is 30.1. The number of benzene rings is 5. The summed E-state index contributed by atoms with van der Waals surface area (Å²) in [5.74, 6) is -0.540. The first-order valence-electron chi connectivity index (χ1n) is 41.2. The predicted octanol–water partition coefficient (Wildman–Crippen LogP) is 13.3. The van der Waals surface area contributed by atoms with E-state index in [0.29, 0.717) is 80.6 Å². The number of anilines is 2. The van der Waals surface area contributed by atoms with Crippen LogP contribution < -0.4 is 25.6 Å². The molecule has 0 radical (unpaired) electrons. The van der Waals surface area contributed by atoms with Gasteiger partial charge in [-0.2, -0.15) is 13.2 Å². The van der Waals surface area contributed by atoms with Gasteiger partial charge in [-0.1, -0.05) is 99.5 Å². The van der Waals surface area contributed by atoms with Crippen LogP contribution >= 0.6 is 34.7 Å². The number of morpholine rings is 1. The Balaban J connectivity index is 0.546. The van der Waals surface area contributed by atoms with Crippen molar-refractivity contribution in [3.8, 4) is 10.4 Å². The van der Waals surface area contributed by atoms with Crippen LogP contribution in [0.5, 0.6) is 0 Å². The molecule has 6 aromatic rings. The Morgan fingerprint density at radius 3 is 2.10 bits per heavy atom. The quantitative estimate of drug-likeness (QED) is 0.0207. The van der Waals surface area contributed by atoms with Crippen LogP contribution in [-0.2, 0) is 43.8 Å². The second-order valence-corrected chi connectivity index (χ2v) is 40.4. The summed E-state index contributed by atoms with van der Waals surface area (Å²) in [5.41, 5.74) is 2.62. The maximum atomic E-state index is 14.5. The summed E-state index contributed by atoms with van der Waals surface area (Å²) in [5, 5.41) is 20.6. The third kappa shape index (κ3) is 21.8. The van der Waals surface area contributed by atoms with Crippen LogP contribution in [0.4, 0.5) is 24.5 Å². The molecule has 5 amide bonds. The normalized spacial score (nSPS) is 22.4. The molecule has 7 aliphatic rings. The van der Waals surface area contributed by atoms with Crippen molar-refractivity contribution in [1.82, 2.24) is 44.8 Å². The van der Waals surface area contributed by atoms with Gasteiger partial charge in [0.05, 0.1) is 51.5 Å². The first-order valence-corrected chi connectivity index (χ1v) is 46.4. The number of halogens is 4. The molecule has 22 nitrogen and oxygen atoms in total. The number of alkyl halides is 3. The Kier molecular flexibility index (Phi) is 28.1. The molecule has 5 N–H and O–H groups in total. The minimum absolute atomic E-state index is 0.0245. The van der Waals surface area contributed by atoms with E-state index >= 15 is 0 Å². The minimum atomic E-state index is -6.11. The smallest absolute Gasteiger partial charge is 0.391 e. The number of piperidine rings is 2. The number of rotatable bonds is 30. The number of piperazine rings is 1. The van der Waals surface area contributed by atoms with Gasteiger partial charge in [-0.3, -0.25) is 33.8 Å². The fourth-order valence-electron chi connectivity index (χ4n) is 18.1. The highest BCUT2D eigenvalue weighted by atomic mass is 35.5. The molecule has 30 heteroatoms. The molecule has 2 bridgehead atoms. The Labute approximate surface area is 699 Å². The monoisotopic (exact) mass is 1710 g/mol. The average Bonchev–Trinajstić information content (AvgIpc) is 1.01. The maximum absolute atomic E-state index is 14.5. The van der Waals surface area contributed by atoms with Crippen molar-refractivity contribution in [2.45, 2.75) is 194 Å². The molecule has 117 heavy (non-hydrogen) atoms. The SMILES string of the molecule is Cc1ncsc1-c1ccc([C@H](C)NC(=O)[C@@H]2C[C@@H](O)CN2C(=O)[C@@H](NC(=O)CCCCC(=O)N2CCC(C3CCN(CC4(C)CCC(c5ccc(Cl)cc5)=C(CN5CCN(c6ccc(C(=O)NS(=O)(=O)c7ccc(N[C@H](CCN8C[C@H]9C[C@@H]8CO9)CSc8ccccc8)c(S(=O)(=O)C(F)(F)F)c7)cc6)CC5)C4)CC3)CC2)C(C)(C)C)cc1. The highest BCUT2D eigenvalue weighted by molar-refractivity contribution is 7.99. The number of sulfonamides is 1. The lowest BCUT2D eigenvalue weighted by atomic mass is 9.70. The molecule has 6 fully saturated rings. The number of carbonyl (C=O) groups is 5. The van der Waals surface area contributed by atoms with Crippen molar-refractivity contribution in [3.05, 3.63) is 160 Å². The number of likely N-dealkylation sites (tertiary alicyclic amines) is 4.